The summed E-state index contributed by atoms with van der Waals surface area (Å²) < 4.78 is 5.17. The summed E-state index contributed by atoms with van der Waals surface area (Å²) in [4.78, 5) is 33.0. The van der Waals surface area contributed by atoms with Crippen LogP contribution in [0, 0.1) is 24.5 Å². The molecule has 8 heteroatoms. The lowest BCUT2D eigenvalue weighted by Crippen LogP contribution is -2.41. The van der Waals surface area contributed by atoms with E-state index in [0.717, 1.165) is 37.1 Å². The molecular weight excluding hydrogens is 430 g/mol. The normalized spacial score (nSPS) is 18.1. The number of ether oxygens (including phenoxy) is 1. The first kappa shape index (κ1) is 24.6. The highest BCUT2D eigenvalue weighted by Crippen LogP contribution is 2.41. The van der Waals surface area contributed by atoms with Crippen molar-refractivity contribution in [1.82, 2.24) is 5.32 Å². The van der Waals surface area contributed by atoms with Gasteiger partial charge >= 0.3 is 12.1 Å². The van der Waals surface area contributed by atoms with Gasteiger partial charge in [0.05, 0.1) is 23.8 Å². The van der Waals surface area contributed by atoms with Gasteiger partial charge in [-0.3, -0.25) is 4.79 Å². The lowest BCUT2D eigenvalue weighted by molar-refractivity contribution is -0.139. The molecule has 2 heterocycles. The van der Waals surface area contributed by atoms with E-state index in [0.29, 0.717) is 17.7 Å². The molecule has 0 spiro atoms. The minimum atomic E-state index is -1.16. The molecule has 8 nitrogen and oxygen atoms in total. The number of anilines is 1. The van der Waals surface area contributed by atoms with Crippen molar-refractivity contribution in [2.24, 2.45) is 0 Å². The SMILES string of the molecule is [C-]#[N+]C([N+]#[C-])C1NC(=O)C(c2ccc3c(c2)CC(C)(C)N3CCCCOC(=O)C(=C)C)=C1C#N. The molecule has 0 fully saturated rings. The van der Waals surface area contributed by atoms with Gasteiger partial charge in [-0.25, -0.2) is 27.6 Å². The zero-order valence-electron chi connectivity index (χ0n) is 19.6. The van der Waals surface area contributed by atoms with Gasteiger partial charge in [-0.2, -0.15) is 5.26 Å². The molecule has 1 amide bonds. The minimum absolute atomic E-state index is 0.137. The summed E-state index contributed by atoms with van der Waals surface area (Å²) in [6.07, 6.45) is 1.20. The summed E-state index contributed by atoms with van der Waals surface area (Å²) in [5, 5.41) is 12.3. The monoisotopic (exact) mass is 457 g/mol. The van der Waals surface area contributed by atoms with Crippen LogP contribution < -0.4 is 10.2 Å². The number of hydrogen-bond acceptors (Lipinski definition) is 5. The highest BCUT2D eigenvalue weighted by molar-refractivity contribution is 6.24. The van der Waals surface area contributed by atoms with Gasteiger partial charge < -0.3 is 15.0 Å². The molecule has 174 valence electrons. The molecule has 1 aromatic rings. The topological polar surface area (TPSA) is 91.2 Å². The van der Waals surface area contributed by atoms with Crippen LogP contribution in [0.1, 0.15) is 44.7 Å². The molecule has 0 saturated heterocycles. The summed E-state index contributed by atoms with van der Waals surface area (Å²) in [5.41, 5.74) is 3.39. The Morgan fingerprint density at radius 2 is 2.09 bits per heavy atom. The first-order valence-corrected chi connectivity index (χ1v) is 11.1. The van der Waals surface area contributed by atoms with E-state index in [-0.39, 0.29) is 22.7 Å². The van der Waals surface area contributed by atoms with Crippen LogP contribution in [0.5, 0.6) is 0 Å². The number of carbonyl (C=O) groups excluding carboxylic acids is 2. The highest BCUT2D eigenvalue weighted by atomic mass is 16.5. The van der Waals surface area contributed by atoms with Crippen LogP contribution in [0.15, 0.2) is 35.9 Å². The third-order valence-corrected chi connectivity index (χ3v) is 6.15. The lowest BCUT2D eigenvalue weighted by atomic mass is 9.94. The fourth-order valence-electron chi connectivity index (χ4n) is 4.49. The van der Waals surface area contributed by atoms with Crippen molar-refractivity contribution < 1.29 is 14.3 Å². The van der Waals surface area contributed by atoms with Crippen LogP contribution in [-0.2, 0) is 20.7 Å². The Labute approximate surface area is 200 Å². The van der Waals surface area contributed by atoms with Gasteiger partial charge in [0, 0.05) is 23.3 Å². The fraction of sp³-hybridized carbons (Fsp3) is 0.423. The van der Waals surface area contributed by atoms with Crippen LogP contribution in [0.2, 0.25) is 0 Å². The Morgan fingerprint density at radius 3 is 2.71 bits per heavy atom. The van der Waals surface area contributed by atoms with E-state index in [1.54, 1.807) is 6.92 Å². The average Bonchev–Trinajstić information content (AvgIpc) is 3.25. The standard InChI is InChI=1S/C26H27N5O3/c1-16(2)25(33)34-12-8-7-11-31-20-10-9-17(13-18(20)14-26(31,3)4)21-19(15-27)22(30-24(21)32)23(28-5)29-6/h9-10,13,22-23H,1,7-8,11-12,14H2,2-4H3,(H,30,32). The zero-order valence-corrected chi connectivity index (χ0v) is 19.6. The highest BCUT2D eigenvalue weighted by Gasteiger charge is 2.45. The van der Waals surface area contributed by atoms with Gasteiger partial charge in [-0.1, -0.05) is 12.6 Å². The maximum atomic E-state index is 12.7. The molecule has 2 aliphatic rings. The third-order valence-electron chi connectivity index (χ3n) is 6.15. The van der Waals surface area contributed by atoms with E-state index in [1.807, 2.05) is 24.3 Å². The van der Waals surface area contributed by atoms with Gasteiger partial charge in [0.2, 0.25) is 6.04 Å². The number of amides is 1. The van der Waals surface area contributed by atoms with Crippen LogP contribution in [0.25, 0.3) is 15.3 Å². The van der Waals surface area contributed by atoms with E-state index in [4.69, 9.17) is 17.9 Å². The predicted octanol–water partition coefficient (Wildman–Crippen LogP) is 3.67. The number of rotatable bonds is 8. The first-order chi connectivity index (χ1) is 16.1. The quantitative estimate of drug-likeness (QED) is 0.278. The zero-order chi connectivity index (χ0) is 25.0. The number of esters is 1. The van der Waals surface area contributed by atoms with Gasteiger partial charge in [0.15, 0.2) is 0 Å². The summed E-state index contributed by atoms with van der Waals surface area (Å²) in [7, 11) is 0. The lowest BCUT2D eigenvalue weighted by Gasteiger charge is -2.34. The fourth-order valence-corrected chi connectivity index (χ4v) is 4.49. The van der Waals surface area contributed by atoms with Crippen molar-refractivity contribution in [2.45, 2.75) is 57.8 Å². The summed E-state index contributed by atoms with van der Waals surface area (Å²) in [6, 6.07) is 6.85. The Kier molecular flexibility index (Phi) is 7.08. The van der Waals surface area contributed by atoms with Crippen LogP contribution in [0.3, 0.4) is 0 Å². The summed E-state index contributed by atoms with van der Waals surface area (Å²) >= 11 is 0. The summed E-state index contributed by atoms with van der Waals surface area (Å²) in [5.74, 6) is -0.806. The smallest absolute Gasteiger partial charge is 0.462 e. The van der Waals surface area contributed by atoms with Crippen molar-refractivity contribution in [1.29, 1.82) is 5.26 Å². The number of benzene rings is 1. The third kappa shape index (κ3) is 4.65. The number of unbranched alkanes of at least 4 members (excludes halogenated alkanes) is 1. The molecule has 2 aliphatic heterocycles. The number of carbonyl (C=O) groups is 2. The number of nitrogens with zero attached hydrogens (tertiary/aromatic N) is 4. The Bertz CT molecular complexity index is 1180. The molecule has 0 saturated carbocycles. The number of nitrogens with one attached hydrogen (secondary N) is 1. The largest absolute Gasteiger partial charge is 0.499 e. The molecule has 0 aromatic heterocycles. The van der Waals surface area contributed by atoms with Crippen LogP contribution in [-0.4, -0.2) is 42.8 Å². The molecule has 1 N–H and O–H groups in total. The molecule has 0 aliphatic carbocycles. The van der Waals surface area contributed by atoms with Crippen LogP contribution >= 0.6 is 0 Å². The maximum absolute atomic E-state index is 12.7. The maximum Gasteiger partial charge on any atom is 0.499 e. The molecule has 1 unspecified atom stereocenters. The molecule has 3 rings (SSSR count). The Morgan fingerprint density at radius 1 is 1.38 bits per heavy atom. The van der Waals surface area contributed by atoms with Gasteiger partial charge in [-0.15, -0.1) is 0 Å². The van der Waals surface area contributed by atoms with Crippen molar-refractivity contribution in [3.63, 3.8) is 0 Å². The predicted molar refractivity (Wildman–Crippen MR) is 128 cm³/mol. The van der Waals surface area contributed by atoms with E-state index in [9.17, 15) is 14.9 Å². The second kappa shape index (κ2) is 9.81. The average molecular weight is 458 g/mol. The molecule has 0 bridgehead atoms. The number of hydrogen-bond donors (Lipinski definition) is 1. The van der Waals surface area contributed by atoms with Crippen molar-refractivity contribution >= 4 is 23.1 Å². The number of nitriles is 1. The Hall–Kier alpha value is -4.09. The molecule has 1 atom stereocenters. The van der Waals surface area contributed by atoms with Crippen molar-refractivity contribution in [3.8, 4) is 6.07 Å². The Balaban J connectivity index is 1.80. The molecular formula is C26H27N5O3. The van der Waals surface area contributed by atoms with E-state index < -0.39 is 18.1 Å². The molecule has 0 radical (unpaired) electrons. The number of fused-ring (bicyclic) bond motifs is 1. The second-order valence-electron chi connectivity index (χ2n) is 9.13. The van der Waals surface area contributed by atoms with E-state index in [1.165, 1.54) is 0 Å². The van der Waals surface area contributed by atoms with E-state index >= 15 is 0 Å². The van der Waals surface area contributed by atoms with Gasteiger partial charge in [-0.05, 0) is 63.3 Å². The van der Waals surface area contributed by atoms with Crippen LogP contribution in [0.4, 0.5) is 5.69 Å². The molecule has 1 aromatic carbocycles. The van der Waals surface area contributed by atoms with Gasteiger partial charge in [0.25, 0.3) is 5.91 Å². The first-order valence-electron chi connectivity index (χ1n) is 11.1. The van der Waals surface area contributed by atoms with Crippen molar-refractivity contribution in [3.05, 3.63) is 69.9 Å². The minimum Gasteiger partial charge on any atom is -0.462 e. The van der Waals surface area contributed by atoms with E-state index in [2.05, 4.69) is 40.3 Å². The summed E-state index contributed by atoms with van der Waals surface area (Å²) in [6.45, 7) is 25.1. The van der Waals surface area contributed by atoms with Crippen molar-refractivity contribution in [2.75, 3.05) is 18.1 Å². The second-order valence-corrected chi connectivity index (χ2v) is 9.13. The van der Waals surface area contributed by atoms with Gasteiger partial charge in [0.1, 0.15) is 0 Å². The molecule has 34 heavy (non-hydrogen) atoms.